The Labute approximate surface area is 213 Å². The van der Waals surface area contributed by atoms with E-state index in [9.17, 15) is 31.2 Å². The van der Waals surface area contributed by atoms with Crippen molar-refractivity contribution in [1.82, 2.24) is 10.3 Å². The predicted octanol–water partition coefficient (Wildman–Crippen LogP) is 5.50. The number of ketones is 1. The molecule has 14 heteroatoms. The van der Waals surface area contributed by atoms with E-state index in [1.54, 1.807) is 6.92 Å². The summed E-state index contributed by atoms with van der Waals surface area (Å²) in [4.78, 5) is 28.2. The molecular formula is C22H17Cl2F3N4O4S. The highest BCUT2D eigenvalue weighted by Gasteiger charge is 2.35. The Hall–Kier alpha value is -3.35. The van der Waals surface area contributed by atoms with Gasteiger partial charge in [-0.1, -0.05) is 23.2 Å². The topological polar surface area (TPSA) is 117 Å². The first-order valence-electron chi connectivity index (χ1n) is 9.92. The molecule has 0 saturated carbocycles. The summed E-state index contributed by atoms with van der Waals surface area (Å²) in [7, 11) is -3.21. The lowest BCUT2D eigenvalue weighted by Gasteiger charge is -2.15. The zero-order valence-electron chi connectivity index (χ0n) is 18.5. The van der Waals surface area contributed by atoms with Crippen LogP contribution in [-0.4, -0.2) is 32.3 Å². The van der Waals surface area contributed by atoms with Crippen molar-refractivity contribution in [2.75, 3.05) is 17.1 Å². The van der Waals surface area contributed by atoms with Gasteiger partial charge in [0.1, 0.15) is 5.69 Å². The molecular weight excluding hydrogens is 544 g/mol. The van der Waals surface area contributed by atoms with E-state index in [-0.39, 0.29) is 27.7 Å². The van der Waals surface area contributed by atoms with Crippen molar-refractivity contribution in [3.05, 3.63) is 81.1 Å². The van der Waals surface area contributed by atoms with Crippen LogP contribution in [0.4, 0.5) is 29.3 Å². The van der Waals surface area contributed by atoms with Crippen LogP contribution in [0.1, 0.15) is 27.2 Å². The summed E-state index contributed by atoms with van der Waals surface area (Å²) in [6.07, 6.45) is -3.59. The number of urea groups is 1. The second-order valence-corrected chi connectivity index (χ2v) is 9.88. The van der Waals surface area contributed by atoms with E-state index in [0.29, 0.717) is 11.6 Å². The van der Waals surface area contributed by atoms with E-state index in [1.165, 1.54) is 37.5 Å². The van der Waals surface area contributed by atoms with Gasteiger partial charge in [-0.3, -0.25) is 14.5 Å². The molecule has 36 heavy (non-hydrogen) atoms. The third-order valence-electron chi connectivity index (χ3n) is 4.73. The van der Waals surface area contributed by atoms with Crippen LogP contribution in [0.25, 0.3) is 0 Å². The summed E-state index contributed by atoms with van der Waals surface area (Å²) >= 11 is 11.7. The number of aryl methyl sites for hydroxylation is 1. The molecule has 2 amide bonds. The van der Waals surface area contributed by atoms with Gasteiger partial charge in [-0.05, 0) is 55.0 Å². The molecule has 0 spiro atoms. The molecule has 0 radical (unpaired) electrons. The van der Waals surface area contributed by atoms with E-state index >= 15 is 0 Å². The van der Waals surface area contributed by atoms with Gasteiger partial charge >= 0.3 is 12.2 Å². The van der Waals surface area contributed by atoms with Crippen LogP contribution in [-0.2, 0) is 16.2 Å². The van der Waals surface area contributed by atoms with E-state index in [0.717, 1.165) is 12.1 Å². The number of hydrogen-bond donors (Lipinski definition) is 3. The first kappa shape index (κ1) is 27.2. The lowest BCUT2D eigenvalue weighted by Crippen LogP contribution is -2.24. The minimum Gasteiger partial charge on any atom is -0.341 e. The second-order valence-electron chi connectivity index (χ2n) is 7.38. The number of carbonyl (C=O) groups is 2. The largest absolute Gasteiger partial charge is 0.417 e. The van der Waals surface area contributed by atoms with Gasteiger partial charge in [-0.25, -0.2) is 13.2 Å². The summed E-state index contributed by atoms with van der Waals surface area (Å²) in [5.41, 5.74) is -1.42. The fraction of sp³-hybridized carbons (Fsp3) is 0.136. The van der Waals surface area contributed by atoms with Gasteiger partial charge < -0.3 is 10.6 Å². The number of nitrogens with one attached hydrogen (secondary N) is 3. The van der Waals surface area contributed by atoms with Crippen molar-refractivity contribution < 1.29 is 31.2 Å². The molecule has 0 aliphatic heterocycles. The summed E-state index contributed by atoms with van der Waals surface area (Å²) in [5, 5.41) is 4.14. The number of amides is 2. The molecule has 0 fully saturated rings. The highest BCUT2D eigenvalue weighted by molar-refractivity contribution is 7.92. The smallest absolute Gasteiger partial charge is 0.341 e. The lowest BCUT2D eigenvalue weighted by atomic mass is 10.0. The number of aromatic nitrogens is 1. The first-order chi connectivity index (χ1) is 16.7. The predicted molar refractivity (Wildman–Crippen MR) is 129 cm³/mol. The van der Waals surface area contributed by atoms with Crippen molar-refractivity contribution in [2.45, 2.75) is 18.0 Å². The molecule has 3 rings (SSSR count). The van der Waals surface area contributed by atoms with Crippen LogP contribution >= 0.6 is 23.2 Å². The highest BCUT2D eigenvalue weighted by atomic mass is 35.5. The fourth-order valence-corrected chi connectivity index (χ4v) is 4.53. The van der Waals surface area contributed by atoms with Crippen LogP contribution < -0.4 is 15.4 Å². The number of pyridine rings is 1. The Morgan fingerprint density at radius 3 is 2.31 bits per heavy atom. The molecule has 1 aromatic heterocycles. The fourth-order valence-electron chi connectivity index (χ4n) is 3.02. The standard InChI is InChI=1S/C22H17Cl2F3N4O4S/c1-11-7-18(31-36(34,35)13-4-6-17(24)15(9-13)22(25,26)27)19(29-10-11)20(32)14-8-12(3-5-16(14)23)30-21(33)28-2/h3-10,31H,1-2H3,(H2,28,30,33). The maximum atomic E-state index is 13.3. The number of benzene rings is 2. The van der Waals surface area contributed by atoms with E-state index in [4.69, 9.17) is 23.2 Å². The number of rotatable bonds is 6. The van der Waals surface area contributed by atoms with Crippen LogP contribution in [0, 0.1) is 6.92 Å². The number of carbonyl (C=O) groups excluding carboxylic acids is 2. The number of anilines is 2. The van der Waals surface area contributed by atoms with Crippen molar-refractivity contribution in [3.8, 4) is 0 Å². The lowest BCUT2D eigenvalue weighted by molar-refractivity contribution is -0.137. The average molecular weight is 561 g/mol. The molecule has 0 saturated heterocycles. The minimum absolute atomic E-state index is 0.00819. The molecule has 0 unspecified atom stereocenters. The third kappa shape index (κ3) is 6.07. The average Bonchev–Trinajstić information content (AvgIpc) is 2.79. The van der Waals surface area contributed by atoms with Gasteiger partial charge in [-0.2, -0.15) is 13.2 Å². The summed E-state index contributed by atoms with van der Waals surface area (Å²) in [6.45, 7) is 1.57. The van der Waals surface area contributed by atoms with Gasteiger partial charge in [0.2, 0.25) is 5.78 Å². The van der Waals surface area contributed by atoms with Crippen LogP contribution in [0.2, 0.25) is 10.0 Å². The molecule has 0 aliphatic carbocycles. The van der Waals surface area contributed by atoms with Gasteiger partial charge in [0.15, 0.2) is 0 Å². The zero-order chi connectivity index (χ0) is 26.8. The number of hydrogen-bond acceptors (Lipinski definition) is 5. The molecule has 190 valence electrons. The SMILES string of the molecule is CNC(=O)Nc1ccc(Cl)c(C(=O)c2ncc(C)cc2NS(=O)(=O)c2ccc(Cl)c(C(F)(F)F)c2)c1. The summed E-state index contributed by atoms with van der Waals surface area (Å²) in [6, 6.07) is 6.90. The maximum Gasteiger partial charge on any atom is 0.417 e. The highest BCUT2D eigenvalue weighted by Crippen LogP contribution is 2.36. The zero-order valence-corrected chi connectivity index (χ0v) is 20.8. The number of halogens is 5. The minimum atomic E-state index is -4.89. The first-order valence-corrected chi connectivity index (χ1v) is 12.2. The molecule has 8 nitrogen and oxygen atoms in total. The van der Waals surface area contributed by atoms with Crippen molar-refractivity contribution >= 4 is 56.4 Å². The Morgan fingerprint density at radius 2 is 1.67 bits per heavy atom. The summed E-state index contributed by atoms with van der Waals surface area (Å²) in [5.74, 6) is -0.801. The molecule has 0 aliphatic rings. The Kier molecular flexibility index (Phi) is 7.82. The van der Waals surface area contributed by atoms with Gasteiger partial charge in [0.25, 0.3) is 10.0 Å². The maximum absolute atomic E-state index is 13.3. The molecule has 1 heterocycles. The Bertz CT molecular complexity index is 1460. The Balaban J connectivity index is 2.04. The van der Waals surface area contributed by atoms with Gasteiger partial charge in [0.05, 0.1) is 26.2 Å². The molecule has 2 aromatic carbocycles. The van der Waals surface area contributed by atoms with E-state index in [2.05, 4.69) is 20.3 Å². The van der Waals surface area contributed by atoms with Crippen molar-refractivity contribution in [2.24, 2.45) is 0 Å². The molecule has 0 atom stereocenters. The third-order valence-corrected chi connectivity index (χ3v) is 6.76. The van der Waals surface area contributed by atoms with Crippen LogP contribution in [0.3, 0.4) is 0 Å². The van der Waals surface area contributed by atoms with E-state index in [1.807, 2.05) is 0 Å². The molecule has 3 N–H and O–H groups in total. The van der Waals surface area contributed by atoms with Crippen LogP contribution in [0.5, 0.6) is 0 Å². The van der Waals surface area contributed by atoms with Gasteiger partial charge in [-0.15, -0.1) is 0 Å². The van der Waals surface area contributed by atoms with Crippen LogP contribution in [0.15, 0.2) is 53.6 Å². The number of alkyl halides is 3. The second kappa shape index (κ2) is 10.3. The monoisotopic (exact) mass is 560 g/mol. The summed E-state index contributed by atoms with van der Waals surface area (Å²) < 4.78 is 67.7. The quantitative estimate of drug-likeness (QED) is 0.344. The molecule has 3 aromatic rings. The van der Waals surface area contributed by atoms with Crippen molar-refractivity contribution in [1.29, 1.82) is 0 Å². The number of sulfonamides is 1. The van der Waals surface area contributed by atoms with Crippen molar-refractivity contribution in [3.63, 3.8) is 0 Å². The van der Waals surface area contributed by atoms with E-state index < -0.39 is 43.5 Å². The Morgan fingerprint density at radius 1 is 1.00 bits per heavy atom. The molecule has 0 bridgehead atoms. The van der Waals surface area contributed by atoms with Gasteiger partial charge in [0, 0.05) is 24.5 Å². The normalized spacial score (nSPS) is 11.6. The number of nitrogens with zero attached hydrogens (tertiary/aromatic N) is 1.